The predicted molar refractivity (Wildman–Crippen MR) is 104 cm³/mol. The number of rotatable bonds is 6. The number of hydrogen-bond donors (Lipinski definition) is 3. The Hall–Kier alpha value is -3.17. The molecule has 0 radical (unpaired) electrons. The normalized spacial score (nSPS) is 14.8. The van der Waals surface area contributed by atoms with Crippen LogP contribution in [0, 0.1) is 0 Å². The van der Waals surface area contributed by atoms with E-state index in [0.717, 1.165) is 19.1 Å². The van der Waals surface area contributed by atoms with Crippen LogP contribution in [0.5, 0.6) is 0 Å². The molecule has 0 saturated heterocycles. The summed E-state index contributed by atoms with van der Waals surface area (Å²) < 4.78 is 160. The Bertz CT molecular complexity index is 1100. The van der Waals surface area contributed by atoms with Crippen molar-refractivity contribution in [1.29, 1.82) is 0 Å². The van der Waals surface area contributed by atoms with Crippen molar-refractivity contribution in [2.24, 2.45) is 0 Å². The summed E-state index contributed by atoms with van der Waals surface area (Å²) in [6, 6.07) is 0.790. The number of halogens is 12. The molecule has 3 N–H and O–H groups in total. The minimum absolute atomic E-state index is 0.307. The summed E-state index contributed by atoms with van der Waals surface area (Å²) in [5.74, 6) is -0.690. The molecule has 0 aliphatic carbocycles. The minimum Gasteiger partial charge on any atom is -0.381 e. The molecule has 0 heterocycles. The minimum atomic E-state index is -5.87. The molecular weight excluding hydrogens is 540 g/mol. The summed E-state index contributed by atoms with van der Waals surface area (Å²) in [7, 11) is 0. The van der Waals surface area contributed by atoms with Gasteiger partial charge in [-0.15, -0.1) is 0 Å². The third kappa shape index (κ3) is 7.20. The molecule has 1 amide bonds. The quantitative estimate of drug-likeness (QED) is 0.370. The van der Waals surface area contributed by atoms with Crippen molar-refractivity contribution < 1.29 is 62.6 Å². The Kier molecular flexibility index (Phi) is 8.08. The molecule has 206 valence electrons. The third-order valence-electron chi connectivity index (χ3n) is 5.03. The number of nitrogens with one attached hydrogen (secondary N) is 2. The Labute approximate surface area is 200 Å². The van der Waals surface area contributed by atoms with Gasteiger partial charge in [-0.25, -0.2) is 0 Å². The van der Waals surface area contributed by atoms with Gasteiger partial charge in [-0.3, -0.25) is 4.79 Å². The second-order valence-electron chi connectivity index (χ2n) is 7.79. The summed E-state index contributed by atoms with van der Waals surface area (Å²) >= 11 is 0. The van der Waals surface area contributed by atoms with E-state index in [2.05, 4.69) is 5.32 Å². The zero-order valence-electron chi connectivity index (χ0n) is 18.3. The van der Waals surface area contributed by atoms with Crippen molar-refractivity contribution in [3.05, 3.63) is 64.2 Å². The molecule has 0 aliphatic rings. The first kappa shape index (κ1) is 30.1. The summed E-state index contributed by atoms with van der Waals surface area (Å²) in [6.45, 7) is -1.45. The first-order valence-corrected chi connectivity index (χ1v) is 9.83. The molecule has 16 heteroatoms. The maximum atomic E-state index is 13.8. The number of carbonyl (C=O) groups excluding carboxylic acids is 1. The molecule has 0 saturated carbocycles. The first-order chi connectivity index (χ1) is 16.6. The summed E-state index contributed by atoms with van der Waals surface area (Å²) in [4.78, 5) is 11.0. The van der Waals surface area contributed by atoms with E-state index < -0.39 is 88.9 Å². The van der Waals surface area contributed by atoms with Gasteiger partial charge in [0.25, 0.3) is 0 Å². The topological polar surface area (TPSA) is 61.4 Å². The van der Waals surface area contributed by atoms with Crippen LogP contribution in [0.15, 0.2) is 36.4 Å². The Morgan fingerprint density at radius 3 is 1.65 bits per heavy atom. The second-order valence-corrected chi connectivity index (χ2v) is 7.79. The van der Waals surface area contributed by atoms with E-state index in [9.17, 15) is 62.6 Å². The van der Waals surface area contributed by atoms with E-state index in [-0.39, 0.29) is 12.1 Å². The molecule has 4 nitrogen and oxygen atoms in total. The highest BCUT2D eigenvalue weighted by atomic mass is 19.4. The third-order valence-corrected chi connectivity index (χ3v) is 5.03. The van der Waals surface area contributed by atoms with Gasteiger partial charge < -0.3 is 15.7 Å². The van der Waals surface area contributed by atoms with Crippen LogP contribution in [-0.2, 0) is 35.5 Å². The van der Waals surface area contributed by atoms with Crippen LogP contribution in [0.25, 0.3) is 0 Å². The van der Waals surface area contributed by atoms with Crippen molar-refractivity contribution in [3.63, 3.8) is 0 Å². The molecule has 0 aromatic heterocycles. The van der Waals surface area contributed by atoms with Gasteiger partial charge in [-0.05, 0) is 41.5 Å². The number of benzene rings is 2. The highest BCUT2D eigenvalue weighted by molar-refractivity contribution is 5.72. The second kappa shape index (κ2) is 9.95. The highest BCUT2D eigenvalue weighted by Gasteiger charge is 2.56. The fourth-order valence-electron chi connectivity index (χ4n) is 3.11. The van der Waals surface area contributed by atoms with Crippen molar-refractivity contribution in [2.75, 3.05) is 11.9 Å². The van der Waals surface area contributed by atoms with Crippen molar-refractivity contribution >= 4 is 11.6 Å². The summed E-state index contributed by atoms with van der Waals surface area (Å²) in [5, 5.41) is 14.2. The lowest BCUT2D eigenvalue weighted by molar-refractivity contribution is -0.261. The fraction of sp³-hybridized carbons (Fsp3) is 0.381. The lowest BCUT2D eigenvalue weighted by Crippen LogP contribution is -2.48. The Morgan fingerprint density at radius 2 is 1.24 bits per heavy atom. The van der Waals surface area contributed by atoms with Crippen molar-refractivity contribution in [3.8, 4) is 0 Å². The molecule has 0 aliphatic heterocycles. The van der Waals surface area contributed by atoms with Crippen LogP contribution in [0.3, 0.4) is 0 Å². The van der Waals surface area contributed by atoms with E-state index in [1.807, 2.05) is 0 Å². The molecule has 0 fully saturated rings. The molecule has 37 heavy (non-hydrogen) atoms. The summed E-state index contributed by atoms with van der Waals surface area (Å²) in [6.07, 6.45) is -22.0. The van der Waals surface area contributed by atoms with E-state index in [0.29, 0.717) is 6.07 Å². The van der Waals surface area contributed by atoms with Crippen molar-refractivity contribution in [1.82, 2.24) is 5.32 Å². The van der Waals surface area contributed by atoms with Gasteiger partial charge in [0.1, 0.15) is 0 Å². The first-order valence-electron chi connectivity index (χ1n) is 9.83. The van der Waals surface area contributed by atoms with Crippen LogP contribution >= 0.6 is 0 Å². The fourth-order valence-corrected chi connectivity index (χ4v) is 3.11. The lowest BCUT2D eigenvalue weighted by atomic mass is 9.89. The number of carbonyl (C=O) groups is 1. The number of hydrogen-bond acceptors (Lipinski definition) is 3. The van der Waals surface area contributed by atoms with Crippen LogP contribution in [-0.4, -0.2) is 23.7 Å². The molecule has 0 unspecified atom stereocenters. The number of aliphatic hydroxyl groups is 1. The molecule has 0 bridgehead atoms. The number of amides is 1. The van der Waals surface area contributed by atoms with Gasteiger partial charge in [0.05, 0.1) is 23.2 Å². The van der Waals surface area contributed by atoms with Crippen LogP contribution in [0.4, 0.5) is 58.4 Å². The molecule has 0 spiro atoms. The van der Waals surface area contributed by atoms with Gasteiger partial charge in [0, 0.05) is 19.2 Å². The van der Waals surface area contributed by atoms with Crippen LogP contribution in [0.2, 0.25) is 0 Å². The average molecular weight is 556 g/mol. The van der Waals surface area contributed by atoms with E-state index in [4.69, 9.17) is 0 Å². The van der Waals surface area contributed by atoms with E-state index >= 15 is 0 Å². The van der Waals surface area contributed by atoms with E-state index in [1.54, 1.807) is 5.32 Å². The van der Waals surface area contributed by atoms with Gasteiger partial charge in [0.15, 0.2) is 0 Å². The van der Waals surface area contributed by atoms with Crippen molar-refractivity contribution in [2.45, 2.75) is 43.8 Å². The Balaban J connectivity index is 2.56. The zero-order valence-corrected chi connectivity index (χ0v) is 18.3. The predicted octanol–water partition coefficient (Wildman–Crippen LogP) is 6.24. The van der Waals surface area contributed by atoms with Gasteiger partial charge in [-0.1, -0.05) is 6.07 Å². The highest BCUT2D eigenvalue weighted by Crippen LogP contribution is 2.44. The number of anilines is 1. The van der Waals surface area contributed by atoms with Gasteiger partial charge >= 0.3 is 24.7 Å². The van der Waals surface area contributed by atoms with E-state index in [1.165, 1.54) is 0 Å². The lowest BCUT2D eigenvalue weighted by Gasteiger charge is -2.32. The largest absolute Gasteiger partial charge is 0.423 e. The maximum absolute atomic E-state index is 13.8. The van der Waals surface area contributed by atoms with Crippen LogP contribution in [0.1, 0.15) is 34.7 Å². The maximum Gasteiger partial charge on any atom is 0.423 e. The smallest absolute Gasteiger partial charge is 0.381 e. The molecule has 2 rings (SSSR count). The van der Waals surface area contributed by atoms with Gasteiger partial charge in [-0.2, -0.15) is 52.7 Å². The average Bonchev–Trinajstić information content (AvgIpc) is 2.73. The SMILES string of the molecule is CC(=O)NCc1ccc(NC[C@](O)(c2cc(C(F)(F)F)cc(C(F)(F)F)c2)C(F)(F)F)cc1C(F)(F)F. The molecular formula is C21H16F12N2O2. The number of alkyl halides is 12. The standard InChI is InChI=1S/C21H16F12N2O2/c1-10(36)34-8-11-2-3-15(7-16(11)20(28,29)30)35-9-17(37,21(31,32)33)12-4-13(18(22,23)24)6-14(5-12)19(25,26)27/h2-7,35,37H,8-9H2,1H3,(H,34,36)/t17-/m0/s1. The molecule has 2 aromatic carbocycles. The zero-order chi connectivity index (χ0) is 28.6. The monoisotopic (exact) mass is 556 g/mol. The van der Waals surface area contributed by atoms with Crippen LogP contribution < -0.4 is 10.6 Å². The molecule has 1 atom stereocenters. The molecule has 2 aromatic rings. The summed E-state index contributed by atoms with van der Waals surface area (Å²) in [5.41, 5.74) is -13.1. The Morgan fingerprint density at radius 1 is 0.757 bits per heavy atom. The van der Waals surface area contributed by atoms with Gasteiger partial charge in [0.2, 0.25) is 11.5 Å².